The van der Waals surface area contributed by atoms with Gasteiger partial charge in [0.15, 0.2) is 0 Å². The quantitative estimate of drug-likeness (QED) is 0.715. The first kappa shape index (κ1) is 19.7. The van der Waals surface area contributed by atoms with Crippen LogP contribution in [-0.2, 0) is 19.1 Å². The van der Waals surface area contributed by atoms with Crippen molar-refractivity contribution in [3.8, 4) is 0 Å². The summed E-state index contributed by atoms with van der Waals surface area (Å²) >= 11 is 9.52. The van der Waals surface area contributed by atoms with Crippen molar-refractivity contribution < 1.29 is 29.0 Å². The summed E-state index contributed by atoms with van der Waals surface area (Å²) in [5.41, 5.74) is 0.0439. The number of carboxylic acid groups (broad SMARTS) is 1. The number of allylic oxidation sites excluding steroid dienone is 2. The van der Waals surface area contributed by atoms with Crippen LogP contribution < -0.4 is 4.90 Å². The number of ether oxygens (including phenoxy) is 2. The molecule has 0 atom stereocenters. The van der Waals surface area contributed by atoms with Gasteiger partial charge in [0.25, 0.3) is 0 Å². The van der Waals surface area contributed by atoms with Gasteiger partial charge in [-0.25, -0.2) is 14.4 Å². The molecule has 0 saturated carbocycles. The van der Waals surface area contributed by atoms with Crippen LogP contribution in [0.2, 0.25) is 5.02 Å². The van der Waals surface area contributed by atoms with Gasteiger partial charge in [-0.15, -0.1) is 0 Å². The van der Waals surface area contributed by atoms with E-state index in [4.69, 9.17) is 26.2 Å². The van der Waals surface area contributed by atoms with Gasteiger partial charge < -0.3 is 19.5 Å². The van der Waals surface area contributed by atoms with E-state index >= 15 is 0 Å². The normalized spacial score (nSPS) is 13.5. The molecule has 26 heavy (non-hydrogen) atoms. The minimum absolute atomic E-state index is 0.0423. The molecule has 1 aliphatic rings. The van der Waals surface area contributed by atoms with E-state index in [1.54, 1.807) is 12.2 Å². The molecule has 0 unspecified atom stereocenters. The molecule has 0 bridgehead atoms. The number of halogens is 2. The number of rotatable bonds is 4. The fraction of sp³-hybridized carbons (Fsp3) is 0.118. The van der Waals surface area contributed by atoms with Crippen LogP contribution in [0.15, 0.2) is 52.3 Å². The molecule has 1 N–H and O–H groups in total. The van der Waals surface area contributed by atoms with E-state index in [1.165, 1.54) is 43.5 Å². The van der Waals surface area contributed by atoms with Crippen LogP contribution in [0.1, 0.15) is 10.4 Å². The number of hydrogen-bond acceptors (Lipinski definition) is 6. The van der Waals surface area contributed by atoms with Gasteiger partial charge in [0, 0.05) is 10.7 Å². The molecule has 0 amide bonds. The van der Waals surface area contributed by atoms with E-state index < -0.39 is 17.9 Å². The molecule has 2 rings (SSSR count). The van der Waals surface area contributed by atoms with Gasteiger partial charge in [-0.1, -0.05) is 17.7 Å². The molecule has 7 nitrogen and oxygen atoms in total. The Labute approximate surface area is 162 Å². The average molecular weight is 443 g/mol. The number of anilines is 1. The number of benzene rings is 1. The van der Waals surface area contributed by atoms with E-state index in [-0.39, 0.29) is 27.5 Å². The highest BCUT2D eigenvalue weighted by molar-refractivity contribution is 9.10. The summed E-state index contributed by atoms with van der Waals surface area (Å²) in [7, 11) is 2.36. The molecule has 1 heterocycles. The minimum Gasteiger partial charge on any atom is -0.478 e. The van der Waals surface area contributed by atoms with E-state index in [1.807, 2.05) is 0 Å². The first-order chi connectivity index (χ1) is 12.3. The smallest absolute Gasteiger partial charge is 0.355 e. The highest BCUT2D eigenvalue weighted by Crippen LogP contribution is 2.39. The van der Waals surface area contributed by atoms with E-state index in [0.29, 0.717) is 4.47 Å². The lowest BCUT2D eigenvalue weighted by molar-refractivity contribution is -0.139. The lowest BCUT2D eigenvalue weighted by atomic mass is 10.1. The third-order valence-corrected chi connectivity index (χ3v) is 4.29. The SMILES string of the molecule is COC(=O)C1=C(C(=O)OC)N(c2c(Cl)cc(C(=O)O)cc2Br)C=CC=C1. The Hall–Kier alpha value is -2.58. The summed E-state index contributed by atoms with van der Waals surface area (Å²) < 4.78 is 9.83. The molecule has 0 aromatic heterocycles. The van der Waals surface area contributed by atoms with Crippen LogP contribution >= 0.6 is 27.5 Å². The maximum Gasteiger partial charge on any atom is 0.355 e. The molecule has 1 aromatic rings. The van der Waals surface area contributed by atoms with Crippen LogP contribution in [0, 0.1) is 0 Å². The molecule has 0 aliphatic carbocycles. The number of carbonyl (C=O) groups excluding carboxylic acids is 2. The Morgan fingerprint density at radius 1 is 1.12 bits per heavy atom. The largest absolute Gasteiger partial charge is 0.478 e. The van der Waals surface area contributed by atoms with Crippen LogP contribution in [-0.4, -0.2) is 37.2 Å². The summed E-state index contributed by atoms with van der Waals surface area (Å²) in [5, 5.41) is 9.19. The van der Waals surface area contributed by atoms with Crippen molar-refractivity contribution in [1.82, 2.24) is 0 Å². The molecular weight excluding hydrogens is 430 g/mol. The summed E-state index contributed by atoms with van der Waals surface area (Å²) in [5.74, 6) is -2.71. The highest BCUT2D eigenvalue weighted by Gasteiger charge is 2.30. The van der Waals surface area contributed by atoms with Crippen molar-refractivity contribution in [3.63, 3.8) is 0 Å². The Kier molecular flexibility index (Phi) is 6.23. The summed E-state index contributed by atoms with van der Waals surface area (Å²) in [6.45, 7) is 0. The number of methoxy groups -OCH3 is 2. The maximum absolute atomic E-state index is 12.4. The van der Waals surface area contributed by atoms with Crippen molar-refractivity contribution in [2.24, 2.45) is 0 Å². The third kappa shape index (κ3) is 3.81. The maximum atomic E-state index is 12.4. The zero-order valence-corrected chi connectivity index (χ0v) is 16.0. The number of carbonyl (C=O) groups is 3. The van der Waals surface area contributed by atoms with Crippen molar-refractivity contribution in [3.05, 3.63) is 62.9 Å². The predicted octanol–water partition coefficient (Wildman–Crippen LogP) is 3.29. The second-order valence-electron chi connectivity index (χ2n) is 4.91. The van der Waals surface area contributed by atoms with E-state index in [9.17, 15) is 14.4 Å². The Bertz CT molecular complexity index is 851. The highest BCUT2D eigenvalue weighted by atomic mass is 79.9. The predicted molar refractivity (Wildman–Crippen MR) is 97.9 cm³/mol. The lowest BCUT2D eigenvalue weighted by Gasteiger charge is -2.25. The molecule has 0 radical (unpaired) electrons. The molecule has 0 fully saturated rings. The third-order valence-electron chi connectivity index (χ3n) is 3.39. The molecular formula is C17H13BrClNO6. The standard InChI is InChI=1S/C17H13BrClNO6/c1-25-16(23)10-5-3-4-6-20(13(10)17(24)26-2)14-11(18)7-9(15(21)22)8-12(14)19/h3-8H,1-2H3,(H,21,22). The van der Waals surface area contributed by atoms with Gasteiger partial charge >= 0.3 is 17.9 Å². The first-order valence-corrected chi connectivity index (χ1v) is 8.26. The fourth-order valence-electron chi connectivity index (χ4n) is 2.26. The van der Waals surface area contributed by atoms with Crippen LogP contribution in [0.25, 0.3) is 0 Å². The summed E-state index contributed by atoms with van der Waals surface area (Å²) in [6, 6.07) is 2.57. The van der Waals surface area contributed by atoms with Crippen LogP contribution in [0.4, 0.5) is 5.69 Å². The van der Waals surface area contributed by atoms with Gasteiger partial charge in [-0.2, -0.15) is 0 Å². The zero-order valence-electron chi connectivity index (χ0n) is 13.7. The van der Waals surface area contributed by atoms with Crippen molar-refractivity contribution in [2.75, 3.05) is 19.1 Å². The second-order valence-corrected chi connectivity index (χ2v) is 6.17. The van der Waals surface area contributed by atoms with Crippen molar-refractivity contribution in [1.29, 1.82) is 0 Å². The molecule has 136 valence electrons. The van der Waals surface area contributed by atoms with Gasteiger partial charge in [0.2, 0.25) is 0 Å². The van der Waals surface area contributed by atoms with E-state index in [0.717, 1.165) is 0 Å². The second kappa shape index (κ2) is 8.20. The lowest BCUT2D eigenvalue weighted by Crippen LogP contribution is -2.27. The number of aromatic carboxylic acids is 1. The van der Waals surface area contributed by atoms with Crippen molar-refractivity contribution >= 4 is 51.1 Å². The monoisotopic (exact) mass is 441 g/mol. The van der Waals surface area contributed by atoms with Gasteiger partial charge in [0.05, 0.1) is 36.1 Å². The van der Waals surface area contributed by atoms with Crippen LogP contribution in [0.5, 0.6) is 0 Å². The minimum atomic E-state index is -1.16. The Morgan fingerprint density at radius 3 is 2.31 bits per heavy atom. The Balaban J connectivity index is 2.76. The topological polar surface area (TPSA) is 93.1 Å². The van der Waals surface area contributed by atoms with Gasteiger partial charge in [-0.3, -0.25) is 0 Å². The van der Waals surface area contributed by atoms with E-state index in [2.05, 4.69) is 15.9 Å². The van der Waals surface area contributed by atoms with Crippen molar-refractivity contribution in [2.45, 2.75) is 0 Å². The number of nitrogens with zero attached hydrogens (tertiary/aromatic N) is 1. The molecule has 1 aliphatic heterocycles. The number of esters is 2. The molecule has 0 saturated heterocycles. The fourth-order valence-corrected chi connectivity index (χ4v) is 3.33. The van der Waals surface area contributed by atoms with Gasteiger partial charge in [0.1, 0.15) is 5.70 Å². The summed E-state index contributed by atoms with van der Waals surface area (Å²) in [4.78, 5) is 37.0. The molecule has 9 heteroatoms. The first-order valence-electron chi connectivity index (χ1n) is 7.09. The zero-order chi connectivity index (χ0) is 19.4. The van der Waals surface area contributed by atoms with Gasteiger partial charge in [-0.05, 0) is 40.2 Å². The average Bonchev–Trinajstić information content (AvgIpc) is 2.82. The Morgan fingerprint density at radius 2 is 1.77 bits per heavy atom. The summed E-state index contributed by atoms with van der Waals surface area (Å²) in [6.07, 6.45) is 6.02. The number of hydrogen-bond donors (Lipinski definition) is 1. The molecule has 0 spiro atoms. The van der Waals surface area contributed by atoms with Crippen LogP contribution in [0.3, 0.4) is 0 Å². The number of carboxylic acids is 1. The molecule has 1 aromatic carbocycles.